The van der Waals surface area contributed by atoms with E-state index in [9.17, 15) is 4.79 Å². The highest BCUT2D eigenvalue weighted by molar-refractivity contribution is 5.78. The van der Waals surface area contributed by atoms with Crippen LogP contribution in [0.5, 0.6) is 11.5 Å². The maximum atomic E-state index is 12.0. The summed E-state index contributed by atoms with van der Waals surface area (Å²) in [5.41, 5.74) is 0.860. The summed E-state index contributed by atoms with van der Waals surface area (Å²) in [5.74, 6) is 1.12. The molecule has 1 fully saturated rings. The van der Waals surface area contributed by atoms with Gasteiger partial charge in [0.25, 0.3) is 5.91 Å². The monoisotopic (exact) mass is 392 g/mol. The number of piperazine rings is 1. The van der Waals surface area contributed by atoms with Gasteiger partial charge in [-0.15, -0.1) is 0 Å². The van der Waals surface area contributed by atoms with Gasteiger partial charge in [0.2, 0.25) is 0 Å². The first kappa shape index (κ1) is 22.5. The SMILES string of the molecule is CCOc1cc(CNCCN2CCNCC2)ccc1OCC(=O)NC(C)(C)C. The first-order valence-corrected chi connectivity index (χ1v) is 10.2. The van der Waals surface area contributed by atoms with Crippen molar-refractivity contribution in [3.05, 3.63) is 23.8 Å². The van der Waals surface area contributed by atoms with E-state index in [0.29, 0.717) is 18.1 Å². The maximum absolute atomic E-state index is 12.0. The fraction of sp³-hybridized carbons (Fsp3) is 0.667. The molecule has 1 aliphatic rings. The topological polar surface area (TPSA) is 74.9 Å². The summed E-state index contributed by atoms with van der Waals surface area (Å²) in [6.45, 7) is 15.5. The molecule has 1 heterocycles. The van der Waals surface area contributed by atoms with E-state index < -0.39 is 0 Å². The molecule has 0 aliphatic carbocycles. The molecule has 1 saturated heterocycles. The smallest absolute Gasteiger partial charge is 0.258 e. The van der Waals surface area contributed by atoms with Crippen LogP contribution in [0.2, 0.25) is 0 Å². The Morgan fingerprint density at radius 2 is 1.93 bits per heavy atom. The average Bonchev–Trinajstić information content (AvgIpc) is 2.64. The summed E-state index contributed by atoms with van der Waals surface area (Å²) < 4.78 is 11.4. The number of hydrogen-bond acceptors (Lipinski definition) is 6. The van der Waals surface area contributed by atoms with Crippen LogP contribution < -0.4 is 25.4 Å². The van der Waals surface area contributed by atoms with Gasteiger partial charge in [0, 0.05) is 51.4 Å². The van der Waals surface area contributed by atoms with Gasteiger partial charge in [-0.3, -0.25) is 9.69 Å². The Kier molecular flexibility index (Phi) is 9.02. The molecule has 2 rings (SSSR count). The number of amides is 1. The van der Waals surface area contributed by atoms with Crippen LogP contribution in [-0.4, -0.2) is 68.8 Å². The Labute approximate surface area is 169 Å². The van der Waals surface area contributed by atoms with Gasteiger partial charge in [-0.05, 0) is 45.4 Å². The molecular weight excluding hydrogens is 356 g/mol. The van der Waals surface area contributed by atoms with Crippen molar-refractivity contribution < 1.29 is 14.3 Å². The largest absolute Gasteiger partial charge is 0.490 e. The molecule has 0 aromatic heterocycles. The highest BCUT2D eigenvalue weighted by Crippen LogP contribution is 2.28. The number of nitrogens with one attached hydrogen (secondary N) is 3. The zero-order valence-electron chi connectivity index (χ0n) is 17.8. The second kappa shape index (κ2) is 11.2. The van der Waals surface area contributed by atoms with Crippen LogP contribution in [0, 0.1) is 0 Å². The van der Waals surface area contributed by atoms with Crippen LogP contribution in [0.4, 0.5) is 0 Å². The number of benzene rings is 1. The fourth-order valence-electron chi connectivity index (χ4n) is 3.05. The molecule has 158 valence electrons. The third-order valence-corrected chi connectivity index (χ3v) is 4.32. The van der Waals surface area contributed by atoms with Gasteiger partial charge in [-0.25, -0.2) is 0 Å². The Balaban J connectivity index is 1.82. The van der Waals surface area contributed by atoms with Gasteiger partial charge < -0.3 is 25.4 Å². The number of rotatable bonds is 10. The van der Waals surface area contributed by atoms with E-state index in [2.05, 4.69) is 20.9 Å². The van der Waals surface area contributed by atoms with Gasteiger partial charge in [-0.1, -0.05) is 6.07 Å². The van der Waals surface area contributed by atoms with Crippen molar-refractivity contribution in [2.45, 2.75) is 39.8 Å². The molecule has 7 heteroatoms. The number of nitrogens with zero attached hydrogens (tertiary/aromatic N) is 1. The van der Waals surface area contributed by atoms with E-state index in [4.69, 9.17) is 9.47 Å². The lowest BCUT2D eigenvalue weighted by Gasteiger charge is -2.27. The van der Waals surface area contributed by atoms with Crippen LogP contribution in [0.3, 0.4) is 0 Å². The molecule has 0 unspecified atom stereocenters. The third-order valence-electron chi connectivity index (χ3n) is 4.32. The molecule has 28 heavy (non-hydrogen) atoms. The molecule has 0 radical (unpaired) electrons. The Bertz CT molecular complexity index is 610. The molecular formula is C21H36N4O3. The number of carbonyl (C=O) groups excluding carboxylic acids is 1. The molecule has 1 aliphatic heterocycles. The van der Waals surface area contributed by atoms with Crippen LogP contribution in [0.25, 0.3) is 0 Å². The second-order valence-corrected chi connectivity index (χ2v) is 8.07. The molecule has 1 amide bonds. The quantitative estimate of drug-likeness (QED) is 0.523. The Hall–Kier alpha value is -1.83. The van der Waals surface area contributed by atoms with Crippen molar-refractivity contribution in [3.8, 4) is 11.5 Å². The van der Waals surface area contributed by atoms with Gasteiger partial charge in [0.05, 0.1) is 6.61 Å². The number of hydrogen-bond donors (Lipinski definition) is 3. The second-order valence-electron chi connectivity index (χ2n) is 8.07. The van der Waals surface area contributed by atoms with Gasteiger partial charge in [0.15, 0.2) is 18.1 Å². The maximum Gasteiger partial charge on any atom is 0.258 e. The standard InChI is InChI=1S/C21H36N4O3/c1-5-27-19-14-17(15-23-10-13-25-11-8-22-9-12-25)6-7-18(19)28-16-20(26)24-21(2,3)4/h6-7,14,22-23H,5,8-13,15-16H2,1-4H3,(H,24,26). The predicted octanol–water partition coefficient (Wildman–Crippen LogP) is 1.37. The normalized spacial score (nSPS) is 15.3. The molecule has 3 N–H and O–H groups in total. The predicted molar refractivity (Wildman–Crippen MR) is 112 cm³/mol. The zero-order valence-corrected chi connectivity index (χ0v) is 17.8. The van der Waals surface area contributed by atoms with E-state index in [1.54, 1.807) is 0 Å². The van der Waals surface area contributed by atoms with Crippen LogP contribution in [0.15, 0.2) is 18.2 Å². The van der Waals surface area contributed by atoms with E-state index in [1.165, 1.54) is 0 Å². The van der Waals surface area contributed by atoms with E-state index in [-0.39, 0.29) is 18.1 Å². The highest BCUT2D eigenvalue weighted by atomic mass is 16.5. The van der Waals surface area contributed by atoms with Crippen LogP contribution in [-0.2, 0) is 11.3 Å². The summed E-state index contributed by atoms with van der Waals surface area (Å²) >= 11 is 0. The van der Waals surface area contributed by atoms with Crippen molar-refractivity contribution in [1.29, 1.82) is 0 Å². The van der Waals surface area contributed by atoms with Gasteiger partial charge in [-0.2, -0.15) is 0 Å². The lowest BCUT2D eigenvalue weighted by Crippen LogP contribution is -2.45. The summed E-state index contributed by atoms with van der Waals surface area (Å²) in [6, 6.07) is 5.87. The fourth-order valence-corrected chi connectivity index (χ4v) is 3.05. The van der Waals surface area contributed by atoms with Gasteiger partial charge >= 0.3 is 0 Å². The van der Waals surface area contributed by atoms with E-state index in [0.717, 1.165) is 51.4 Å². The zero-order chi connectivity index (χ0) is 20.4. The first-order chi connectivity index (χ1) is 13.4. The molecule has 1 aromatic rings. The lowest BCUT2D eigenvalue weighted by molar-refractivity contribution is -0.124. The number of ether oxygens (including phenoxy) is 2. The summed E-state index contributed by atoms with van der Waals surface area (Å²) in [7, 11) is 0. The average molecular weight is 393 g/mol. The molecule has 0 atom stereocenters. The highest BCUT2D eigenvalue weighted by Gasteiger charge is 2.15. The third kappa shape index (κ3) is 8.46. The molecule has 1 aromatic carbocycles. The van der Waals surface area contributed by atoms with E-state index >= 15 is 0 Å². The van der Waals surface area contributed by atoms with E-state index in [1.807, 2.05) is 45.9 Å². The van der Waals surface area contributed by atoms with Gasteiger partial charge in [0.1, 0.15) is 0 Å². The Morgan fingerprint density at radius 3 is 2.61 bits per heavy atom. The van der Waals surface area contributed by atoms with Crippen molar-refractivity contribution >= 4 is 5.91 Å². The molecule has 0 saturated carbocycles. The summed E-state index contributed by atoms with van der Waals surface area (Å²) in [5, 5.41) is 9.75. The molecule has 7 nitrogen and oxygen atoms in total. The van der Waals surface area contributed by atoms with Crippen molar-refractivity contribution in [3.63, 3.8) is 0 Å². The lowest BCUT2D eigenvalue weighted by atomic mass is 10.1. The van der Waals surface area contributed by atoms with Crippen molar-refractivity contribution in [2.24, 2.45) is 0 Å². The van der Waals surface area contributed by atoms with Crippen molar-refractivity contribution in [2.75, 3.05) is 52.5 Å². The van der Waals surface area contributed by atoms with Crippen LogP contribution in [0.1, 0.15) is 33.3 Å². The summed E-state index contributed by atoms with van der Waals surface area (Å²) in [4.78, 5) is 14.4. The minimum absolute atomic E-state index is 0.0281. The number of carbonyl (C=O) groups is 1. The Morgan fingerprint density at radius 1 is 1.18 bits per heavy atom. The van der Waals surface area contributed by atoms with Crippen molar-refractivity contribution in [1.82, 2.24) is 20.9 Å². The first-order valence-electron chi connectivity index (χ1n) is 10.2. The minimum Gasteiger partial charge on any atom is -0.490 e. The van der Waals surface area contributed by atoms with Crippen LogP contribution >= 0.6 is 0 Å². The molecule has 0 spiro atoms. The summed E-state index contributed by atoms with van der Waals surface area (Å²) in [6.07, 6.45) is 0. The molecule has 0 bridgehead atoms. The minimum atomic E-state index is -0.274.